The van der Waals surface area contributed by atoms with Crippen LogP contribution in [0.4, 0.5) is 17.1 Å². The first-order valence-corrected chi connectivity index (χ1v) is 19.3. The molecule has 12 rings (SSSR count). The highest BCUT2D eigenvalue weighted by atomic mass is 15.1. The molecule has 0 fully saturated rings. The van der Waals surface area contributed by atoms with E-state index in [2.05, 4.69) is 216 Å². The van der Waals surface area contributed by atoms with Gasteiger partial charge in [-0.25, -0.2) is 0 Å². The van der Waals surface area contributed by atoms with Crippen LogP contribution in [0.5, 0.6) is 0 Å². The first-order valence-electron chi connectivity index (χ1n) is 19.3. The topological polar surface area (TPSA) is 8.17 Å². The Morgan fingerprint density at radius 1 is 0.304 bits per heavy atom. The maximum Gasteiger partial charge on any atom is 0.0541 e. The Morgan fingerprint density at radius 2 is 0.875 bits per heavy atom. The molecule has 1 heterocycles. The van der Waals surface area contributed by atoms with Gasteiger partial charge in [0.15, 0.2) is 0 Å². The van der Waals surface area contributed by atoms with Crippen molar-refractivity contribution in [3.63, 3.8) is 0 Å². The Balaban J connectivity index is 1.03. The van der Waals surface area contributed by atoms with Gasteiger partial charge in [0.2, 0.25) is 0 Å². The summed E-state index contributed by atoms with van der Waals surface area (Å²) in [5.74, 6) is 0. The molecule has 2 nitrogen and oxygen atoms in total. The fourth-order valence-corrected chi connectivity index (χ4v) is 9.32. The Kier molecular flexibility index (Phi) is 6.66. The number of anilines is 3. The fourth-order valence-electron chi connectivity index (χ4n) is 9.32. The van der Waals surface area contributed by atoms with Crippen molar-refractivity contribution in [3.05, 3.63) is 206 Å². The van der Waals surface area contributed by atoms with E-state index in [1.54, 1.807) is 0 Å². The molecular weight excluding hydrogens is 677 g/mol. The quantitative estimate of drug-likeness (QED) is 0.161. The number of benzene rings is 10. The minimum absolute atomic E-state index is 1.10. The van der Waals surface area contributed by atoms with Gasteiger partial charge in [0.25, 0.3) is 0 Å². The van der Waals surface area contributed by atoms with E-state index in [0.717, 1.165) is 22.7 Å². The molecule has 0 spiro atoms. The summed E-state index contributed by atoms with van der Waals surface area (Å²) in [7, 11) is 0. The van der Waals surface area contributed by atoms with E-state index in [4.69, 9.17) is 0 Å². The average Bonchev–Trinajstić information content (AvgIpc) is 3.77. The number of hydrogen-bond donors (Lipinski definition) is 0. The highest BCUT2D eigenvalue weighted by Crippen LogP contribution is 2.50. The highest BCUT2D eigenvalue weighted by molar-refractivity contribution is 6.16. The van der Waals surface area contributed by atoms with Gasteiger partial charge in [0.1, 0.15) is 0 Å². The lowest BCUT2D eigenvalue weighted by Crippen LogP contribution is -2.10. The maximum absolute atomic E-state index is 2.42. The molecule has 11 aromatic rings. The van der Waals surface area contributed by atoms with E-state index in [-0.39, 0.29) is 0 Å². The Labute approximate surface area is 324 Å². The van der Waals surface area contributed by atoms with E-state index in [1.165, 1.54) is 87.5 Å². The molecule has 56 heavy (non-hydrogen) atoms. The van der Waals surface area contributed by atoms with Crippen molar-refractivity contribution in [2.75, 3.05) is 4.90 Å². The average molecular weight is 711 g/mol. The smallest absolute Gasteiger partial charge is 0.0541 e. The van der Waals surface area contributed by atoms with E-state index >= 15 is 0 Å². The zero-order valence-electron chi connectivity index (χ0n) is 30.5. The van der Waals surface area contributed by atoms with Crippen LogP contribution in [0.15, 0.2) is 206 Å². The minimum atomic E-state index is 1.10. The van der Waals surface area contributed by atoms with Gasteiger partial charge < -0.3 is 9.47 Å². The third-order valence-electron chi connectivity index (χ3n) is 11.9. The van der Waals surface area contributed by atoms with Crippen LogP contribution in [0.25, 0.3) is 93.2 Å². The molecule has 0 atom stereocenters. The molecule has 0 bridgehead atoms. The second-order valence-corrected chi connectivity index (χ2v) is 14.9. The number of aromatic nitrogens is 1. The van der Waals surface area contributed by atoms with E-state index < -0.39 is 0 Å². The van der Waals surface area contributed by atoms with Gasteiger partial charge in [0, 0.05) is 33.5 Å². The molecule has 1 aliphatic carbocycles. The maximum atomic E-state index is 2.42. The van der Waals surface area contributed by atoms with Crippen molar-refractivity contribution in [3.8, 4) is 39.1 Å². The second kappa shape index (κ2) is 12.0. The van der Waals surface area contributed by atoms with Crippen molar-refractivity contribution in [2.24, 2.45) is 0 Å². The molecular formula is C54H34N2. The number of para-hydroxylation sites is 2. The number of hydrogen-bond acceptors (Lipinski definition) is 1. The van der Waals surface area contributed by atoms with Crippen LogP contribution < -0.4 is 4.90 Å². The third-order valence-corrected chi connectivity index (χ3v) is 11.9. The van der Waals surface area contributed by atoms with Crippen LogP contribution in [-0.2, 0) is 0 Å². The fraction of sp³-hybridized carbons (Fsp3) is 0. The van der Waals surface area contributed by atoms with E-state index in [9.17, 15) is 0 Å². The van der Waals surface area contributed by atoms with Crippen LogP contribution in [0.1, 0.15) is 0 Å². The third kappa shape index (κ3) is 4.63. The molecule has 0 saturated carbocycles. The molecule has 0 unspecified atom stereocenters. The summed E-state index contributed by atoms with van der Waals surface area (Å²) in [6.07, 6.45) is 0. The van der Waals surface area contributed by atoms with Crippen LogP contribution in [0.2, 0.25) is 0 Å². The lowest BCUT2D eigenvalue weighted by Gasteiger charge is -2.27. The monoisotopic (exact) mass is 710 g/mol. The van der Waals surface area contributed by atoms with Gasteiger partial charge in [-0.2, -0.15) is 0 Å². The van der Waals surface area contributed by atoms with Gasteiger partial charge in [-0.1, -0.05) is 146 Å². The predicted octanol–water partition coefficient (Wildman–Crippen LogP) is 15.0. The molecule has 10 aromatic carbocycles. The molecule has 0 radical (unpaired) electrons. The number of rotatable bonds is 5. The molecule has 0 amide bonds. The highest BCUT2D eigenvalue weighted by Gasteiger charge is 2.24. The van der Waals surface area contributed by atoms with Crippen molar-refractivity contribution in [2.45, 2.75) is 0 Å². The van der Waals surface area contributed by atoms with Crippen molar-refractivity contribution < 1.29 is 0 Å². The lowest BCUT2D eigenvalue weighted by atomic mass is 9.97. The largest absolute Gasteiger partial charge is 0.310 e. The van der Waals surface area contributed by atoms with Crippen LogP contribution in [0.3, 0.4) is 0 Å². The first kappa shape index (κ1) is 31.0. The van der Waals surface area contributed by atoms with Crippen molar-refractivity contribution >= 4 is 71.2 Å². The van der Waals surface area contributed by atoms with E-state index in [1.807, 2.05) is 0 Å². The van der Waals surface area contributed by atoms with Crippen LogP contribution in [0, 0.1) is 0 Å². The summed E-state index contributed by atoms with van der Waals surface area (Å²) in [5, 5.41) is 10.2. The molecule has 0 aliphatic heterocycles. The summed E-state index contributed by atoms with van der Waals surface area (Å²) in [6, 6.07) is 75.8. The minimum Gasteiger partial charge on any atom is -0.310 e. The van der Waals surface area contributed by atoms with Crippen LogP contribution in [-0.4, -0.2) is 4.57 Å². The zero-order chi connectivity index (χ0) is 36.7. The van der Waals surface area contributed by atoms with Gasteiger partial charge in [-0.3, -0.25) is 0 Å². The summed E-state index contributed by atoms with van der Waals surface area (Å²) >= 11 is 0. The molecule has 0 saturated heterocycles. The molecule has 2 heteroatoms. The molecule has 1 aromatic heterocycles. The Bertz CT molecular complexity index is 3310. The Hall–Kier alpha value is -7.42. The SMILES string of the molecule is c1cc(N(c2ccc(-c3ccc4ccc5ccccc5c4c3)cc2)c2ccc3c(c2)-c2cccc4cccc-3c24)cc(-n2c3ccccc3c3ccccc32)c1. The van der Waals surface area contributed by atoms with Gasteiger partial charge in [-0.15, -0.1) is 0 Å². The van der Waals surface area contributed by atoms with Crippen molar-refractivity contribution in [1.82, 2.24) is 4.57 Å². The number of fused-ring (bicyclic) bond motifs is 9. The van der Waals surface area contributed by atoms with E-state index in [0.29, 0.717) is 0 Å². The standard InChI is InChI=1S/C54H34N2/c1-2-15-44-36(10-1)22-23-37-24-25-39(32-50(37)44)35-26-28-40(29-27-35)55(43-30-31-45-48-18-7-11-38-12-8-19-49(54(38)48)51(45)34-43)41-13-9-14-42(33-41)56-52-20-5-3-16-46(52)47-17-4-6-21-53(47)56/h1-34H. The molecule has 260 valence electrons. The first-order chi connectivity index (χ1) is 27.8. The van der Waals surface area contributed by atoms with Crippen molar-refractivity contribution in [1.29, 1.82) is 0 Å². The molecule has 1 aliphatic rings. The summed E-state index contributed by atoms with van der Waals surface area (Å²) in [6.45, 7) is 0. The summed E-state index contributed by atoms with van der Waals surface area (Å²) in [5.41, 5.74) is 14.4. The lowest BCUT2D eigenvalue weighted by molar-refractivity contribution is 1.17. The normalized spacial score (nSPS) is 11.9. The Morgan fingerprint density at radius 3 is 1.64 bits per heavy atom. The zero-order valence-corrected chi connectivity index (χ0v) is 30.5. The number of nitrogens with zero attached hydrogens (tertiary/aromatic N) is 2. The predicted molar refractivity (Wildman–Crippen MR) is 238 cm³/mol. The summed E-state index contributed by atoms with van der Waals surface area (Å²) < 4.78 is 2.40. The van der Waals surface area contributed by atoms with Gasteiger partial charge in [-0.05, 0) is 126 Å². The summed E-state index contributed by atoms with van der Waals surface area (Å²) in [4.78, 5) is 2.42. The van der Waals surface area contributed by atoms with Gasteiger partial charge in [0.05, 0.1) is 11.0 Å². The molecule has 0 N–H and O–H groups in total. The second-order valence-electron chi connectivity index (χ2n) is 14.9. The van der Waals surface area contributed by atoms with Crippen LogP contribution >= 0.6 is 0 Å². The van der Waals surface area contributed by atoms with Gasteiger partial charge >= 0.3 is 0 Å².